The molecule has 6 nitrogen and oxygen atoms in total. The Kier molecular flexibility index (Phi) is 5.40. The molecule has 1 aliphatic heterocycles. The highest BCUT2D eigenvalue weighted by Crippen LogP contribution is 2.24. The number of hydrogen-bond donors (Lipinski definition) is 2. The average Bonchev–Trinajstić information content (AvgIpc) is 2.46. The van der Waals surface area contributed by atoms with Crippen LogP contribution in [0.25, 0.3) is 0 Å². The van der Waals surface area contributed by atoms with Gasteiger partial charge in [0.1, 0.15) is 0 Å². The number of hydrogen-bond acceptors (Lipinski definition) is 3. The van der Waals surface area contributed by atoms with Gasteiger partial charge in [-0.25, -0.2) is 4.72 Å². The van der Waals surface area contributed by atoms with Crippen molar-refractivity contribution >= 4 is 16.2 Å². The van der Waals surface area contributed by atoms with Crippen molar-refractivity contribution in [3.8, 4) is 0 Å². The number of nitrogens with one attached hydrogen (secondary N) is 1. The highest BCUT2D eigenvalue weighted by Gasteiger charge is 2.31. The predicted octanol–water partition coefficient (Wildman–Crippen LogP) is 1.20. The largest absolute Gasteiger partial charge is 0.481 e. The topological polar surface area (TPSA) is 86.7 Å². The Hall–Kier alpha value is -0.660. The molecule has 0 aromatic heterocycles. The molecule has 1 heterocycles. The molecule has 0 atom stereocenters. The Morgan fingerprint density at radius 2 is 1.70 bits per heavy atom. The van der Waals surface area contributed by atoms with Crippen LogP contribution in [0.15, 0.2) is 0 Å². The minimum absolute atomic E-state index is 0.303. The molecular weight excluding hydrogens is 280 g/mol. The van der Waals surface area contributed by atoms with Gasteiger partial charge in [0.05, 0.1) is 5.92 Å². The molecule has 20 heavy (non-hydrogen) atoms. The number of carbonyl (C=O) groups is 1. The maximum absolute atomic E-state index is 12.2. The fraction of sp³-hybridized carbons (Fsp3) is 0.923. The molecule has 2 aliphatic rings. The zero-order valence-corrected chi connectivity index (χ0v) is 12.6. The van der Waals surface area contributed by atoms with Crippen molar-refractivity contribution in [1.29, 1.82) is 0 Å². The van der Waals surface area contributed by atoms with E-state index in [9.17, 15) is 13.2 Å². The fourth-order valence-electron chi connectivity index (χ4n) is 3.05. The summed E-state index contributed by atoms with van der Waals surface area (Å²) in [7, 11) is -3.44. The van der Waals surface area contributed by atoms with Crippen molar-refractivity contribution in [3.63, 3.8) is 0 Å². The van der Waals surface area contributed by atoms with Crippen LogP contribution in [0.1, 0.15) is 44.9 Å². The molecule has 2 N–H and O–H groups in total. The lowest BCUT2D eigenvalue weighted by molar-refractivity contribution is -0.142. The lowest BCUT2D eigenvalue weighted by Crippen LogP contribution is -2.47. The third kappa shape index (κ3) is 4.17. The second kappa shape index (κ2) is 6.87. The molecule has 2 rings (SSSR count). The molecule has 0 amide bonds. The van der Waals surface area contributed by atoms with E-state index < -0.39 is 22.1 Å². The molecule has 0 bridgehead atoms. The van der Waals surface area contributed by atoms with Gasteiger partial charge in [-0.3, -0.25) is 4.79 Å². The lowest BCUT2D eigenvalue weighted by Gasteiger charge is -2.30. The van der Waals surface area contributed by atoms with Gasteiger partial charge in [-0.1, -0.05) is 19.3 Å². The van der Waals surface area contributed by atoms with E-state index >= 15 is 0 Å². The fourth-order valence-corrected chi connectivity index (χ4v) is 4.37. The molecule has 0 aromatic carbocycles. The molecule has 0 radical (unpaired) electrons. The molecule has 0 spiro atoms. The number of rotatable bonds is 5. The summed E-state index contributed by atoms with van der Waals surface area (Å²) in [4.78, 5) is 10.9. The normalized spacial score (nSPS) is 23.8. The molecule has 7 heteroatoms. The molecular formula is C13H24N2O4S. The molecule has 2 fully saturated rings. The van der Waals surface area contributed by atoms with Gasteiger partial charge >= 0.3 is 5.97 Å². The van der Waals surface area contributed by atoms with Crippen molar-refractivity contribution in [1.82, 2.24) is 9.03 Å². The van der Waals surface area contributed by atoms with Crippen LogP contribution in [0, 0.1) is 11.8 Å². The number of aliphatic carboxylic acids is 1. The molecule has 116 valence electrons. The Bertz CT molecular complexity index is 424. The second-order valence-corrected chi connectivity index (χ2v) is 7.62. The quantitative estimate of drug-likeness (QED) is 0.799. The second-order valence-electron chi connectivity index (χ2n) is 5.87. The van der Waals surface area contributed by atoms with Gasteiger partial charge in [-0.05, 0) is 31.6 Å². The van der Waals surface area contributed by atoms with E-state index in [4.69, 9.17) is 5.11 Å². The first-order valence-corrected chi connectivity index (χ1v) is 8.90. The summed E-state index contributed by atoms with van der Waals surface area (Å²) < 4.78 is 28.4. The van der Waals surface area contributed by atoms with Gasteiger partial charge in [0.15, 0.2) is 0 Å². The van der Waals surface area contributed by atoms with Crippen molar-refractivity contribution in [2.24, 2.45) is 11.8 Å². The van der Waals surface area contributed by atoms with Crippen LogP contribution >= 0.6 is 0 Å². The number of nitrogens with zero attached hydrogens (tertiary/aromatic N) is 1. The van der Waals surface area contributed by atoms with Crippen LogP contribution < -0.4 is 4.72 Å². The minimum Gasteiger partial charge on any atom is -0.481 e. The zero-order chi connectivity index (χ0) is 14.6. The Labute approximate surface area is 120 Å². The van der Waals surface area contributed by atoms with Crippen molar-refractivity contribution in [3.05, 3.63) is 0 Å². The van der Waals surface area contributed by atoms with Crippen LogP contribution in [0.2, 0.25) is 0 Å². The number of carboxylic acid groups (broad SMARTS) is 1. The maximum Gasteiger partial charge on any atom is 0.306 e. The van der Waals surface area contributed by atoms with Crippen LogP contribution in [-0.2, 0) is 15.0 Å². The number of carboxylic acids is 1. The molecule has 1 aliphatic carbocycles. The van der Waals surface area contributed by atoms with Gasteiger partial charge < -0.3 is 5.11 Å². The van der Waals surface area contributed by atoms with E-state index in [2.05, 4.69) is 4.72 Å². The van der Waals surface area contributed by atoms with Gasteiger partial charge in [0, 0.05) is 19.6 Å². The first kappa shape index (κ1) is 15.7. The van der Waals surface area contributed by atoms with E-state index in [-0.39, 0.29) is 0 Å². The Morgan fingerprint density at radius 3 is 2.25 bits per heavy atom. The van der Waals surface area contributed by atoms with E-state index in [0.29, 0.717) is 38.4 Å². The SMILES string of the molecule is O=C(O)C1CCN(S(=O)(=O)NCC2CCCCC2)CC1. The van der Waals surface area contributed by atoms with Crippen molar-refractivity contribution < 1.29 is 18.3 Å². The van der Waals surface area contributed by atoms with Crippen LogP contribution in [0.4, 0.5) is 0 Å². The Balaban J connectivity index is 1.80. The van der Waals surface area contributed by atoms with Crippen LogP contribution in [0.3, 0.4) is 0 Å². The summed E-state index contributed by atoms with van der Waals surface area (Å²) >= 11 is 0. The third-order valence-electron chi connectivity index (χ3n) is 4.42. The number of piperidine rings is 1. The van der Waals surface area contributed by atoms with Gasteiger partial charge in [-0.15, -0.1) is 0 Å². The third-order valence-corrected chi connectivity index (χ3v) is 6.00. The first-order valence-electron chi connectivity index (χ1n) is 7.46. The average molecular weight is 304 g/mol. The highest BCUT2D eigenvalue weighted by molar-refractivity contribution is 7.87. The Morgan fingerprint density at radius 1 is 1.10 bits per heavy atom. The van der Waals surface area contributed by atoms with Gasteiger partial charge in [0.25, 0.3) is 10.2 Å². The van der Waals surface area contributed by atoms with E-state index in [1.165, 1.54) is 23.6 Å². The summed E-state index contributed by atoms with van der Waals surface area (Å²) in [5.41, 5.74) is 0. The summed E-state index contributed by atoms with van der Waals surface area (Å²) in [5.74, 6) is -0.771. The van der Waals surface area contributed by atoms with Crippen LogP contribution in [0.5, 0.6) is 0 Å². The van der Waals surface area contributed by atoms with E-state index in [1.807, 2.05) is 0 Å². The predicted molar refractivity (Wildman–Crippen MR) is 75.4 cm³/mol. The monoisotopic (exact) mass is 304 g/mol. The molecule has 1 saturated heterocycles. The standard InChI is InChI=1S/C13H24N2O4S/c16-13(17)12-6-8-15(9-7-12)20(18,19)14-10-11-4-2-1-3-5-11/h11-12,14H,1-10H2,(H,16,17). The van der Waals surface area contributed by atoms with Crippen molar-refractivity contribution in [2.75, 3.05) is 19.6 Å². The van der Waals surface area contributed by atoms with Gasteiger partial charge in [-0.2, -0.15) is 12.7 Å². The smallest absolute Gasteiger partial charge is 0.306 e. The first-order chi connectivity index (χ1) is 9.49. The zero-order valence-electron chi connectivity index (χ0n) is 11.8. The maximum atomic E-state index is 12.2. The molecule has 1 saturated carbocycles. The van der Waals surface area contributed by atoms with Gasteiger partial charge in [0.2, 0.25) is 0 Å². The summed E-state index contributed by atoms with van der Waals surface area (Å²) in [6.45, 7) is 1.12. The highest BCUT2D eigenvalue weighted by atomic mass is 32.2. The van der Waals surface area contributed by atoms with Crippen molar-refractivity contribution in [2.45, 2.75) is 44.9 Å². The molecule has 0 aromatic rings. The summed E-state index contributed by atoms with van der Waals surface area (Å²) in [6, 6.07) is 0. The van der Waals surface area contributed by atoms with Crippen LogP contribution in [-0.4, -0.2) is 43.4 Å². The minimum atomic E-state index is -3.44. The summed E-state index contributed by atoms with van der Waals surface area (Å²) in [6.07, 6.45) is 6.64. The lowest BCUT2D eigenvalue weighted by atomic mass is 9.90. The van der Waals surface area contributed by atoms with E-state index in [0.717, 1.165) is 12.8 Å². The van der Waals surface area contributed by atoms with E-state index in [1.54, 1.807) is 0 Å². The molecule has 0 unspecified atom stereocenters. The summed E-state index contributed by atoms with van der Waals surface area (Å²) in [5, 5.41) is 8.92.